The van der Waals surface area contributed by atoms with E-state index in [-0.39, 0.29) is 12.8 Å². The molecular formula is C9H12F3NO3. The first-order chi connectivity index (χ1) is 7.25. The Morgan fingerprint density at radius 2 is 1.75 bits per heavy atom. The minimum Gasteiger partial charge on any atom is -0.481 e. The molecule has 1 amide bonds. The van der Waals surface area contributed by atoms with Gasteiger partial charge >= 0.3 is 18.1 Å². The van der Waals surface area contributed by atoms with Crippen LogP contribution in [-0.2, 0) is 9.59 Å². The average molecular weight is 239 g/mol. The molecule has 1 aliphatic carbocycles. The molecule has 1 aliphatic rings. The van der Waals surface area contributed by atoms with Crippen LogP contribution in [0.15, 0.2) is 0 Å². The van der Waals surface area contributed by atoms with E-state index in [9.17, 15) is 22.8 Å². The Hall–Kier alpha value is -1.27. The van der Waals surface area contributed by atoms with Crippen LogP contribution in [0.1, 0.15) is 32.1 Å². The molecule has 0 bridgehead atoms. The van der Waals surface area contributed by atoms with E-state index < -0.39 is 30.0 Å². The summed E-state index contributed by atoms with van der Waals surface area (Å²) >= 11 is 0. The van der Waals surface area contributed by atoms with Crippen LogP contribution in [0.25, 0.3) is 0 Å². The maximum Gasteiger partial charge on any atom is 0.471 e. The van der Waals surface area contributed by atoms with Crippen molar-refractivity contribution in [2.75, 3.05) is 0 Å². The molecule has 4 nitrogen and oxygen atoms in total. The number of carbonyl (C=O) groups is 2. The Morgan fingerprint density at radius 3 is 2.12 bits per heavy atom. The number of aliphatic carboxylic acids is 1. The molecule has 1 rings (SSSR count). The van der Waals surface area contributed by atoms with E-state index in [0.717, 1.165) is 0 Å². The standard InChI is InChI=1S/C9H12F3NO3/c10-9(11,12)7(16)13-8(5-6(14)15)3-1-2-4-8/h1-5H2,(H,13,16)(H,14,15). The summed E-state index contributed by atoms with van der Waals surface area (Å²) in [5, 5.41) is 10.4. The fourth-order valence-corrected chi connectivity index (χ4v) is 2.00. The van der Waals surface area contributed by atoms with Gasteiger partial charge in [0.2, 0.25) is 0 Å². The lowest BCUT2D eigenvalue weighted by Gasteiger charge is -2.28. The van der Waals surface area contributed by atoms with E-state index >= 15 is 0 Å². The summed E-state index contributed by atoms with van der Waals surface area (Å²) in [6, 6.07) is 0. The first-order valence-electron chi connectivity index (χ1n) is 4.86. The lowest BCUT2D eigenvalue weighted by Crippen LogP contribution is -2.52. The molecule has 0 saturated heterocycles. The van der Waals surface area contributed by atoms with Crippen molar-refractivity contribution in [3.8, 4) is 0 Å². The largest absolute Gasteiger partial charge is 0.481 e. The number of alkyl halides is 3. The molecule has 2 N–H and O–H groups in total. The van der Waals surface area contributed by atoms with E-state index in [1.807, 2.05) is 5.32 Å². The van der Waals surface area contributed by atoms with Crippen LogP contribution in [0, 0.1) is 0 Å². The molecule has 0 heterocycles. The normalized spacial score (nSPS) is 19.4. The van der Waals surface area contributed by atoms with Crippen LogP contribution < -0.4 is 5.32 Å². The second kappa shape index (κ2) is 4.31. The molecule has 0 spiro atoms. The van der Waals surface area contributed by atoms with Gasteiger partial charge in [-0.2, -0.15) is 13.2 Å². The van der Waals surface area contributed by atoms with E-state index in [1.165, 1.54) is 0 Å². The van der Waals surface area contributed by atoms with Crippen molar-refractivity contribution < 1.29 is 27.9 Å². The molecule has 16 heavy (non-hydrogen) atoms. The summed E-state index contributed by atoms with van der Waals surface area (Å²) < 4.78 is 36.2. The predicted octanol–water partition coefficient (Wildman–Crippen LogP) is 1.45. The minimum atomic E-state index is -4.96. The van der Waals surface area contributed by atoms with Gasteiger partial charge in [0.05, 0.1) is 12.0 Å². The number of rotatable bonds is 3. The topological polar surface area (TPSA) is 66.4 Å². The van der Waals surface area contributed by atoms with Crippen molar-refractivity contribution in [1.29, 1.82) is 0 Å². The highest BCUT2D eigenvalue weighted by molar-refractivity contribution is 5.83. The van der Waals surface area contributed by atoms with Crippen molar-refractivity contribution in [1.82, 2.24) is 5.32 Å². The van der Waals surface area contributed by atoms with Gasteiger partial charge in [0, 0.05) is 0 Å². The average Bonchev–Trinajstić information content (AvgIpc) is 2.49. The molecule has 0 aromatic carbocycles. The number of amides is 1. The number of carbonyl (C=O) groups excluding carboxylic acids is 1. The quantitative estimate of drug-likeness (QED) is 0.783. The third kappa shape index (κ3) is 3.11. The van der Waals surface area contributed by atoms with Crippen LogP contribution in [-0.4, -0.2) is 28.7 Å². The summed E-state index contributed by atoms with van der Waals surface area (Å²) in [5.41, 5.74) is -1.22. The van der Waals surface area contributed by atoms with Gasteiger partial charge in [-0.25, -0.2) is 0 Å². The highest BCUT2D eigenvalue weighted by Gasteiger charge is 2.45. The molecule has 0 radical (unpaired) electrons. The van der Waals surface area contributed by atoms with Crippen LogP contribution in [0.3, 0.4) is 0 Å². The summed E-state index contributed by atoms with van der Waals surface area (Å²) in [7, 11) is 0. The Kier molecular flexibility index (Phi) is 3.44. The van der Waals surface area contributed by atoms with Crippen LogP contribution in [0.5, 0.6) is 0 Å². The molecule has 1 saturated carbocycles. The molecule has 0 aromatic heterocycles. The number of carboxylic acids is 1. The van der Waals surface area contributed by atoms with Crippen LogP contribution >= 0.6 is 0 Å². The van der Waals surface area contributed by atoms with E-state index in [4.69, 9.17) is 5.11 Å². The molecule has 1 fully saturated rings. The number of nitrogens with one attached hydrogen (secondary N) is 1. The van der Waals surface area contributed by atoms with Gasteiger partial charge in [-0.05, 0) is 12.8 Å². The Bertz CT molecular complexity index is 295. The first kappa shape index (κ1) is 12.8. The molecule has 0 aliphatic heterocycles. The van der Waals surface area contributed by atoms with Crippen molar-refractivity contribution in [2.45, 2.75) is 43.8 Å². The van der Waals surface area contributed by atoms with Gasteiger partial charge in [-0.15, -0.1) is 0 Å². The maximum atomic E-state index is 12.1. The number of halogens is 3. The Labute approximate surface area is 89.8 Å². The van der Waals surface area contributed by atoms with E-state index in [0.29, 0.717) is 12.8 Å². The number of hydrogen-bond acceptors (Lipinski definition) is 2. The predicted molar refractivity (Wildman–Crippen MR) is 47.6 cm³/mol. The highest BCUT2D eigenvalue weighted by atomic mass is 19.4. The van der Waals surface area contributed by atoms with Gasteiger partial charge in [0.25, 0.3) is 0 Å². The van der Waals surface area contributed by atoms with Gasteiger partial charge < -0.3 is 10.4 Å². The fourth-order valence-electron chi connectivity index (χ4n) is 2.00. The molecule has 0 unspecified atom stereocenters. The Morgan fingerprint density at radius 1 is 1.25 bits per heavy atom. The van der Waals surface area contributed by atoms with Crippen LogP contribution in [0.2, 0.25) is 0 Å². The van der Waals surface area contributed by atoms with Crippen molar-refractivity contribution in [3.05, 3.63) is 0 Å². The van der Waals surface area contributed by atoms with Gasteiger partial charge in [-0.1, -0.05) is 12.8 Å². The second-order valence-electron chi connectivity index (χ2n) is 4.01. The second-order valence-corrected chi connectivity index (χ2v) is 4.01. The number of hydrogen-bond donors (Lipinski definition) is 2. The lowest BCUT2D eigenvalue weighted by molar-refractivity contribution is -0.176. The van der Waals surface area contributed by atoms with Crippen molar-refractivity contribution in [2.24, 2.45) is 0 Å². The first-order valence-corrected chi connectivity index (χ1v) is 4.86. The van der Waals surface area contributed by atoms with Crippen molar-refractivity contribution in [3.63, 3.8) is 0 Å². The Balaban J connectivity index is 2.72. The number of carboxylic acid groups (broad SMARTS) is 1. The summed E-state index contributed by atoms with van der Waals surface area (Å²) in [4.78, 5) is 21.3. The monoisotopic (exact) mass is 239 g/mol. The highest BCUT2D eigenvalue weighted by Crippen LogP contribution is 2.33. The lowest BCUT2D eigenvalue weighted by atomic mass is 9.93. The van der Waals surface area contributed by atoms with E-state index in [2.05, 4.69) is 0 Å². The minimum absolute atomic E-state index is 0.279. The molecular weight excluding hydrogens is 227 g/mol. The summed E-state index contributed by atoms with van der Waals surface area (Å²) in [6.45, 7) is 0. The van der Waals surface area contributed by atoms with Crippen LogP contribution in [0.4, 0.5) is 13.2 Å². The fraction of sp³-hybridized carbons (Fsp3) is 0.778. The molecule has 0 atom stereocenters. The summed E-state index contributed by atoms with van der Waals surface area (Å²) in [6.07, 6.45) is -3.61. The van der Waals surface area contributed by atoms with E-state index in [1.54, 1.807) is 0 Å². The smallest absolute Gasteiger partial charge is 0.471 e. The van der Waals surface area contributed by atoms with Gasteiger partial charge in [0.15, 0.2) is 0 Å². The maximum absolute atomic E-state index is 12.1. The third-order valence-electron chi connectivity index (χ3n) is 2.69. The molecule has 0 aromatic rings. The van der Waals surface area contributed by atoms with Gasteiger partial charge in [-0.3, -0.25) is 9.59 Å². The SMILES string of the molecule is O=C(O)CC1(NC(=O)C(F)(F)F)CCCC1. The third-order valence-corrected chi connectivity index (χ3v) is 2.69. The molecule has 7 heteroatoms. The summed E-state index contributed by atoms with van der Waals surface area (Å²) in [5.74, 6) is -3.26. The zero-order chi connectivity index (χ0) is 12.4. The van der Waals surface area contributed by atoms with Gasteiger partial charge in [0.1, 0.15) is 0 Å². The zero-order valence-corrected chi connectivity index (χ0v) is 8.43. The molecule has 92 valence electrons. The van der Waals surface area contributed by atoms with Crippen molar-refractivity contribution >= 4 is 11.9 Å². The zero-order valence-electron chi connectivity index (χ0n) is 8.43.